The molecule has 8 nitrogen and oxygen atoms in total. The van der Waals surface area contributed by atoms with E-state index in [4.69, 9.17) is 5.11 Å². The van der Waals surface area contributed by atoms with Gasteiger partial charge in [0.25, 0.3) is 5.69 Å². The van der Waals surface area contributed by atoms with E-state index >= 15 is 0 Å². The van der Waals surface area contributed by atoms with Crippen molar-refractivity contribution in [3.63, 3.8) is 0 Å². The van der Waals surface area contributed by atoms with Gasteiger partial charge in [-0.3, -0.25) is 19.7 Å². The Balaban J connectivity index is 2.92. The van der Waals surface area contributed by atoms with Crippen molar-refractivity contribution in [2.45, 2.75) is 0 Å². The molecule has 0 radical (unpaired) electrons. The Morgan fingerprint density at radius 3 is 2.32 bits per heavy atom. The lowest BCUT2D eigenvalue weighted by atomic mass is 10.2. The molecule has 1 aromatic rings. The molecule has 0 aliphatic heterocycles. The van der Waals surface area contributed by atoms with Gasteiger partial charge in [-0.25, -0.2) is 0 Å². The number of carbonyl (C=O) groups is 2. The van der Waals surface area contributed by atoms with E-state index in [9.17, 15) is 19.7 Å². The van der Waals surface area contributed by atoms with Crippen LogP contribution in [0.2, 0.25) is 0 Å². The number of hydrogen-bond acceptors (Lipinski definition) is 6. The molecule has 19 heavy (non-hydrogen) atoms. The van der Waals surface area contributed by atoms with Crippen molar-refractivity contribution < 1.29 is 24.4 Å². The highest BCUT2D eigenvalue weighted by molar-refractivity contribution is 5.80. The molecule has 0 aliphatic carbocycles. The summed E-state index contributed by atoms with van der Waals surface area (Å²) in [7, 11) is 1.19. The van der Waals surface area contributed by atoms with Gasteiger partial charge in [-0.2, -0.15) is 0 Å². The molecule has 8 heteroatoms. The number of carboxylic acid groups (broad SMARTS) is 1. The third-order valence-electron chi connectivity index (χ3n) is 2.30. The number of hydrogen-bond donors (Lipinski definition) is 1. The van der Waals surface area contributed by atoms with E-state index in [1.165, 1.54) is 36.3 Å². The highest BCUT2D eigenvalue weighted by atomic mass is 16.6. The fourth-order valence-corrected chi connectivity index (χ4v) is 1.41. The first kappa shape index (κ1) is 14.4. The zero-order chi connectivity index (χ0) is 14.4. The molecule has 0 spiro atoms. The lowest BCUT2D eigenvalue weighted by Gasteiger charge is -2.21. The minimum atomic E-state index is -1.12. The van der Waals surface area contributed by atoms with Crippen LogP contribution in [0.3, 0.4) is 0 Å². The highest BCUT2D eigenvalue weighted by Gasteiger charge is 2.16. The number of nitro groups is 1. The van der Waals surface area contributed by atoms with Crippen LogP contribution in [-0.2, 0) is 14.3 Å². The van der Waals surface area contributed by atoms with E-state index in [1.807, 2.05) is 0 Å². The quantitative estimate of drug-likeness (QED) is 0.458. The summed E-state index contributed by atoms with van der Waals surface area (Å²) in [5.41, 5.74) is 0.274. The maximum absolute atomic E-state index is 11.2. The molecule has 1 aromatic carbocycles. The standard InChI is InChI=1S/C11H12N2O6/c1-19-11(16)7-12(6-10(14)15)8-2-4-9(5-3-8)13(17)18/h2-5H,6-7H2,1H3,(H,14,15). The van der Waals surface area contributed by atoms with Crippen LogP contribution in [0.5, 0.6) is 0 Å². The van der Waals surface area contributed by atoms with Crippen LogP contribution < -0.4 is 4.90 Å². The molecular weight excluding hydrogens is 256 g/mol. The summed E-state index contributed by atoms with van der Waals surface area (Å²) < 4.78 is 4.46. The van der Waals surface area contributed by atoms with E-state index in [0.717, 1.165) is 0 Å². The first-order valence-electron chi connectivity index (χ1n) is 5.22. The van der Waals surface area contributed by atoms with Gasteiger partial charge in [0, 0.05) is 17.8 Å². The maximum atomic E-state index is 11.2. The number of nitrogens with zero attached hydrogens (tertiary/aromatic N) is 2. The van der Waals surface area contributed by atoms with Gasteiger partial charge in [0.15, 0.2) is 0 Å². The van der Waals surface area contributed by atoms with E-state index in [0.29, 0.717) is 5.69 Å². The second kappa shape index (κ2) is 6.34. The first-order valence-corrected chi connectivity index (χ1v) is 5.22. The Kier molecular flexibility index (Phi) is 4.81. The van der Waals surface area contributed by atoms with Gasteiger partial charge in [-0.15, -0.1) is 0 Å². The number of non-ortho nitro benzene ring substituents is 1. The van der Waals surface area contributed by atoms with Gasteiger partial charge in [0.05, 0.1) is 12.0 Å². The third-order valence-corrected chi connectivity index (χ3v) is 2.30. The Morgan fingerprint density at radius 2 is 1.89 bits per heavy atom. The second-order valence-corrected chi connectivity index (χ2v) is 3.60. The molecule has 102 valence electrons. The average molecular weight is 268 g/mol. The number of benzene rings is 1. The lowest BCUT2D eigenvalue weighted by Crippen LogP contribution is -2.35. The molecule has 0 aromatic heterocycles. The molecule has 1 rings (SSSR count). The van der Waals surface area contributed by atoms with Crippen molar-refractivity contribution in [3.8, 4) is 0 Å². The SMILES string of the molecule is COC(=O)CN(CC(=O)O)c1ccc([N+](=O)[O-])cc1. The van der Waals surface area contributed by atoms with E-state index < -0.39 is 23.4 Å². The summed E-state index contributed by atoms with van der Waals surface area (Å²) >= 11 is 0. The van der Waals surface area contributed by atoms with Crippen LogP contribution in [0.15, 0.2) is 24.3 Å². The molecular formula is C11H12N2O6. The maximum Gasteiger partial charge on any atom is 0.325 e. The lowest BCUT2D eigenvalue weighted by molar-refractivity contribution is -0.384. The number of esters is 1. The summed E-state index contributed by atoms with van der Waals surface area (Å²) in [6.07, 6.45) is 0. The Labute approximate surface area is 108 Å². The summed E-state index contributed by atoms with van der Waals surface area (Å²) in [6.45, 7) is -0.659. The Hall–Kier alpha value is -2.64. The number of carboxylic acids is 1. The summed E-state index contributed by atoms with van der Waals surface area (Å²) in [5.74, 6) is -1.72. The van der Waals surface area contributed by atoms with Crippen LogP contribution >= 0.6 is 0 Å². The number of carbonyl (C=O) groups excluding carboxylic acids is 1. The predicted molar refractivity (Wildman–Crippen MR) is 65.0 cm³/mol. The van der Waals surface area contributed by atoms with Gasteiger partial charge in [0.2, 0.25) is 0 Å². The van der Waals surface area contributed by atoms with Crippen LogP contribution in [0.1, 0.15) is 0 Å². The fraction of sp³-hybridized carbons (Fsp3) is 0.273. The zero-order valence-electron chi connectivity index (χ0n) is 10.1. The number of ether oxygens (including phenoxy) is 1. The molecule has 0 saturated carbocycles. The van der Waals surface area contributed by atoms with Crippen molar-refractivity contribution in [2.75, 3.05) is 25.1 Å². The third kappa shape index (κ3) is 4.26. The summed E-state index contributed by atoms with van der Waals surface area (Å²) in [6, 6.07) is 5.23. The normalized spacial score (nSPS) is 9.74. The van der Waals surface area contributed by atoms with E-state index in [2.05, 4.69) is 4.74 Å². The number of methoxy groups -OCH3 is 1. The second-order valence-electron chi connectivity index (χ2n) is 3.60. The fourth-order valence-electron chi connectivity index (χ4n) is 1.41. The number of aliphatic carboxylic acids is 1. The van der Waals surface area contributed by atoms with Crippen molar-refractivity contribution in [2.24, 2.45) is 0 Å². The Bertz CT molecular complexity index is 484. The first-order chi connectivity index (χ1) is 8.93. The predicted octanol–water partition coefficient (Wildman–Crippen LogP) is 0.659. The summed E-state index contributed by atoms with van der Waals surface area (Å²) in [5, 5.41) is 19.3. The van der Waals surface area contributed by atoms with Gasteiger partial charge in [-0.05, 0) is 12.1 Å². The van der Waals surface area contributed by atoms with Gasteiger partial charge < -0.3 is 14.7 Å². The van der Waals surface area contributed by atoms with Crippen LogP contribution in [0, 0.1) is 10.1 Å². The topological polar surface area (TPSA) is 110 Å². The summed E-state index contributed by atoms with van der Waals surface area (Å²) in [4.78, 5) is 33.1. The number of rotatable bonds is 6. The van der Waals surface area contributed by atoms with Crippen LogP contribution in [-0.4, -0.2) is 42.2 Å². The van der Waals surface area contributed by atoms with Gasteiger partial charge in [0.1, 0.15) is 13.1 Å². The monoisotopic (exact) mass is 268 g/mol. The molecule has 1 N–H and O–H groups in total. The molecule has 0 atom stereocenters. The average Bonchev–Trinajstić information content (AvgIpc) is 2.37. The van der Waals surface area contributed by atoms with Crippen molar-refractivity contribution in [1.29, 1.82) is 0 Å². The molecule has 0 amide bonds. The van der Waals surface area contributed by atoms with Crippen molar-refractivity contribution >= 4 is 23.3 Å². The molecule has 0 heterocycles. The largest absolute Gasteiger partial charge is 0.480 e. The minimum absolute atomic E-state index is 0.114. The van der Waals surface area contributed by atoms with Gasteiger partial charge in [-0.1, -0.05) is 0 Å². The number of nitro benzene ring substituents is 1. The number of anilines is 1. The van der Waals surface area contributed by atoms with Crippen LogP contribution in [0.25, 0.3) is 0 Å². The van der Waals surface area contributed by atoms with Crippen LogP contribution in [0.4, 0.5) is 11.4 Å². The Morgan fingerprint density at radius 1 is 1.32 bits per heavy atom. The van der Waals surface area contributed by atoms with Gasteiger partial charge >= 0.3 is 11.9 Å². The smallest absolute Gasteiger partial charge is 0.325 e. The van der Waals surface area contributed by atoms with E-state index in [1.54, 1.807) is 0 Å². The molecule has 0 aliphatic rings. The van der Waals surface area contributed by atoms with Crippen molar-refractivity contribution in [1.82, 2.24) is 0 Å². The van der Waals surface area contributed by atoms with E-state index in [-0.39, 0.29) is 12.2 Å². The van der Waals surface area contributed by atoms with Crippen molar-refractivity contribution in [3.05, 3.63) is 34.4 Å². The molecule has 0 fully saturated rings. The zero-order valence-corrected chi connectivity index (χ0v) is 10.1. The minimum Gasteiger partial charge on any atom is -0.480 e. The highest BCUT2D eigenvalue weighted by Crippen LogP contribution is 2.19. The molecule has 0 saturated heterocycles. The molecule has 0 unspecified atom stereocenters. The molecule has 0 bridgehead atoms.